The Kier molecular flexibility index (Phi) is 3.98. The van der Waals surface area contributed by atoms with E-state index in [-0.39, 0.29) is 11.9 Å². The summed E-state index contributed by atoms with van der Waals surface area (Å²) in [5.41, 5.74) is 2.12. The van der Waals surface area contributed by atoms with Gasteiger partial charge in [-0.05, 0) is 36.5 Å². The van der Waals surface area contributed by atoms with Gasteiger partial charge in [0, 0.05) is 23.5 Å². The van der Waals surface area contributed by atoms with Crippen LogP contribution in [0.2, 0.25) is 0 Å². The molecule has 0 aliphatic heterocycles. The first-order chi connectivity index (χ1) is 11.7. The molecule has 1 saturated carbocycles. The van der Waals surface area contributed by atoms with Crippen LogP contribution in [0, 0.1) is 5.92 Å². The van der Waals surface area contributed by atoms with Crippen LogP contribution < -0.4 is 10.1 Å². The molecule has 1 atom stereocenters. The summed E-state index contributed by atoms with van der Waals surface area (Å²) in [6.07, 6.45) is 6.37. The molecule has 124 valence electrons. The zero-order valence-electron chi connectivity index (χ0n) is 13.4. The number of fused-ring (bicyclic) bond motifs is 1. The molecule has 5 nitrogen and oxygen atoms in total. The average molecular weight is 341 g/mol. The third-order valence-corrected chi connectivity index (χ3v) is 5.35. The van der Waals surface area contributed by atoms with Crippen molar-refractivity contribution in [3.05, 3.63) is 53.3 Å². The molecule has 1 fully saturated rings. The van der Waals surface area contributed by atoms with Crippen LogP contribution in [-0.4, -0.2) is 22.4 Å². The minimum absolute atomic E-state index is 0.0520. The highest BCUT2D eigenvalue weighted by atomic mass is 32.1. The molecule has 1 amide bonds. The molecule has 0 bridgehead atoms. The Bertz CT molecular complexity index is 849. The van der Waals surface area contributed by atoms with Crippen LogP contribution in [0.3, 0.4) is 0 Å². The number of carbonyl (C=O) groups is 1. The normalized spacial score (nSPS) is 15.4. The van der Waals surface area contributed by atoms with E-state index in [0.717, 1.165) is 22.0 Å². The summed E-state index contributed by atoms with van der Waals surface area (Å²) >= 11 is 1.56. The van der Waals surface area contributed by atoms with Crippen molar-refractivity contribution in [2.75, 3.05) is 7.11 Å². The molecular formula is C18H19N3O2S. The second kappa shape index (κ2) is 6.28. The van der Waals surface area contributed by atoms with Crippen molar-refractivity contribution in [2.45, 2.75) is 25.3 Å². The van der Waals surface area contributed by atoms with Crippen LogP contribution in [-0.2, 0) is 11.2 Å². The van der Waals surface area contributed by atoms with E-state index < -0.39 is 0 Å². The maximum atomic E-state index is 12.6. The van der Waals surface area contributed by atoms with Crippen LogP contribution in [0.15, 0.2) is 42.0 Å². The van der Waals surface area contributed by atoms with Gasteiger partial charge in [-0.25, -0.2) is 4.98 Å². The van der Waals surface area contributed by atoms with Crippen LogP contribution in [0.5, 0.6) is 5.75 Å². The number of hydrogen-bond donors (Lipinski definition) is 1. The summed E-state index contributed by atoms with van der Waals surface area (Å²) in [5, 5.41) is 5.22. The maximum Gasteiger partial charge on any atom is 0.226 e. The Labute approximate surface area is 144 Å². The predicted octanol–water partition coefficient (Wildman–Crippen LogP) is 3.21. The van der Waals surface area contributed by atoms with Crippen molar-refractivity contribution in [2.24, 2.45) is 5.92 Å². The fraction of sp³-hybridized carbons (Fsp3) is 0.333. The van der Waals surface area contributed by atoms with Crippen molar-refractivity contribution < 1.29 is 9.53 Å². The first-order valence-corrected chi connectivity index (χ1v) is 8.95. The number of nitrogens with one attached hydrogen (secondary N) is 1. The lowest BCUT2D eigenvalue weighted by molar-refractivity contribution is -0.121. The Morgan fingerprint density at radius 2 is 2.21 bits per heavy atom. The summed E-state index contributed by atoms with van der Waals surface area (Å²) in [7, 11) is 1.66. The number of amides is 1. The van der Waals surface area contributed by atoms with Crippen LogP contribution in [0.1, 0.15) is 30.1 Å². The topological polar surface area (TPSA) is 55.6 Å². The van der Waals surface area contributed by atoms with E-state index in [1.54, 1.807) is 24.6 Å². The van der Waals surface area contributed by atoms with Gasteiger partial charge in [-0.15, -0.1) is 11.3 Å². The molecule has 3 aromatic rings. The lowest BCUT2D eigenvalue weighted by Crippen LogP contribution is -2.31. The molecule has 0 spiro atoms. The first kappa shape index (κ1) is 15.2. The first-order valence-electron chi connectivity index (χ1n) is 8.07. The van der Waals surface area contributed by atoms with Gasteiger partial charge < -0.3 is 10.1 Å². The fourth-order valence-corrected chi connectivity index (χ4v) is 3.85. The van der Waals surface area contributed by atoms with Crippen LogP contribution in [0.25, 0.3) is 4.96 Å². The summed E-state index contributed by atoms with van der Waals surface area (Å²) in [6.45, 7) is 0. The summed E-state index contributed by atoms with van der Waals surface area (Å²) in [6, 6.07) is 8.07. The number of hydrogen-bond acceptors (Lipinski definition) is 4. The van der Waals surface area contributed by atoms with Gasteiger partial charge in [0.25, 0.3) is 0 Å². The molecule has 0 unspecified atom stereocenters. The zero-order chi connectivity index (χ0) is 16.5. The van der Waals surface area contributed by atoms with Crippen LogP contribution >= 0.6 is 11.3 Å². The quantitative estimate of drug-likeness (QED) is 0.749. The van der Waals surface area contributed by atoms with E-state index in [2.05, 4.69) is 10.3 Å². The molecule has 1 aliphatic carbocycles. The number of thiazole rings is 1. The van der Waals surface area contributed by atoms with E-state index in [0.29, 0.717) is 12.3 Å². The molecule has 4 rings (SSSR count). The van der Waals surface area contributed by atoms with Gasteiger partial charge in [-0.1, -0.05) is 12.1 Å². The number of imidazole rings is 1. The molecule has 1 aromatic carbocycles. The second-order valence-corrected chi connectivity index (χ2v) is 6.98. The van der Waals surface area contributed by atoms with E-state index in [1.165, 1.54) is 12.8 Å². The van der Waals surface area contributed by atoms with Gasteiger partial charge in [0.05, 0.1) is 19.6 Å². The number of benzene rings is 1. The number of nitrogens with zero attached hydrogens (tertiary/aromatic N) is 2. The fourth-order valence-electron chi connectivity index (χ4n) is 3.00. The monoisotopic (exact) mass is 341 g/mol. The minimum atomic E-state index is 0.0520. The average Bonchev–Trinajstić information content (AvgIpc) is 3.21. The highest BCUT2D eigenvalue weighted by molar-refractivity contribution is 7.15. The number of rotatable bonds is 6. The molecule has 2 heterocycles. The Morgan fingerprint density at radius 1 is 1.42 bits per heavy atom. The number of methoxy groups -OCH3 is 1. The van der Waals surface area contributed by atoms with Crippen molar-refractivity contribution in [1.82, 2.24) is 14.7 Å². The third kappa shape index (κ3) is 3.01. The molecule has 24 heavy (non-hydrogen) atoms. The summed E-state index contributed by atoms with van der Waals surface area (Å²) in [4.78, 5) is 17.7. The van der Waals surface area contributed by atoms with Crippen molar-refractivity contribution in [1.29, 1.82) is 0 Å². The summed E-state index contributed by atoms with van der Waals surface area (Å²) in [5.74, 6) is 1.43. The van der Waals surface area contributed by atoms with Crippen molar-refractivity contribution in [3.63, 3.8) is 0 Å². The molecular weight excluding hydrogens is 322 g/mol. The molecule has 2 aromatic heterocycles. The maximum absolute atomic E-state index is 12.6. The Hall–Kier alpha value is -2.34. The van der Waals surface area contributed by atoms with Crippen molar-refractivity contribution in [3.8, 4) is 5.75 Å². The smallest absolute Gasteiger partial charge is 0.226 e. The van der Waals surface area contributed by atoms with Gasteiger partial charge in [0.15, 0.2) is 4.96 Å². The molecule has 0 saturated heterocycles. The largest absolute Gasteiger partial charge is 0.497 e. The highest BCUT2D eigenvalue weighted by Gasteiger charge is 2.33. The van der Waals surface area contributed by atoms with Crippen molar-refractivity contribution >= 4 is 22.2 Å². The Morgan fingerprint density at radius 3 is 2.92 bits per heavy atom. The number of aromatic nitrogens is 2. The second-order valence-electron chi connectivity index (χ2n) is 6.14. The summed E-state index contributed by atoms with van der Waals surface area (Å²) < 4.78 is 7.19. The molecule has 1 N–H and O–H groups in total. The number of ether oxygens (including phenoxy) is 1. The molecule has 6 heteroatoms. The van der Waals surface area contributed by atoms with Gasteiger partial charge in [-0.3, -0.25) is 9.20 Å². The lowest BCUT2D eigenvalue weighted by Gasteiger charge is -2.19. The number of carbonyl (C=O) groups excluding carboxylic acids is 1. The standard InChI is InChI=1S/C18H19N3O2S/c1-23-15-6-4-13(5-7-15)17(12-2-3-12)20-16(22)10-14-11-24-18-19-8-9-21(14)18/h4-9,11-12,17H,2-3,10H2,1H3,(H,20,22)/t17-/m1/s1. The van der Waals surface area contributed by atoms with E-state index in [1.807, 2.05) is 40.2 Å². The van der Waals surface area contributed by atoms with Gasteiger partial charge in [0.1, 0.15) is 5.75 Å². The van der Waals surface area contributed by atoms with E-state index in [9.17, 15) is 4.79 Å². The zero-order valence-corrected chi connectivity index (χ0v) is 14.3. The van der Waals surface area contributed by atoms with E-state index >= 15 is 0 Å². The van der Waals surface area contributed by atoms with E-state index in [4.69, 9.17) is 4.74 Å². The molecule has 1 aliphatic rings. The molecule has 0 radical (unpaired) electrons. The minimum Gasteiger partial charge on any atom is -0.497 e. The SMILES string of the molecule is COc1ccc([C@H](NC(=O)Cc2csc3nccn23)C2CC2)cc1. The van der Waals surface area contributed by atoms with Gasteiger partial charge in [0.2, 0.25) is 5.91 Å². The highest BCUT2D eigenvalue weighted by Crippen LogP contribution is 2.41. The van der Waals surface area contributed by atoms with Gasteiger partial charge in [-0.2, -0.15) is 0 Å². The van der Waals surface area contributed by atoms with Gasteiger partial charge >= 0.3 is 0 Å². The Balaban J connectivity index is 1.48. The van der Waals surface area contributed by atoms with Crippen LogP contribution in [0.4, 0.5) is 0 Å². The third-order valence-electron chi connectivity index (χ3n) is 4.44. The predicted molar refractivity (Wildman–Crippen MR) is 93.4 cm³/mol. The lowest BCUT2D eigenvalue weighted by atomic mass is 10.0.